The van der Waals surface area contributed by atoms with Crippen LogP contribution in [0.1, 0.15) is 5.56 Å². The number of thioether (sulfide) groups is 1. The number of anilines is 1. The van der Waals surface area contributed by atoms with E-state index in [1.165, 1.54) is 31.3 Å². The summed E-state index contributed by atoms with van der Waals surface area (Å²) in [5.41, 5.74) is 1.04. The molecular weight excluding hydrogens is 451 g/mol. The standard InChI is InChI=1S/C20H16ClFN2O4S2/c1-27-15-6-3-11(7-16(15)28-2)8-17-19(26)24(20(29)30-17)10-18(25)23-12-4-5-14(22)13(21)9-12/h3-9H,10H2,1-2H3,(H,23,25)/b17-8-. The van der Waals surface area contributed by atoms with E-state index < -0.39 is 11.7 Å². The van der Waals surface area contributed by atoms with Crippen LogP contribution >= 0.6 is 35.6 Å². The van der Waals surface area contributed by atoms with Gasteiger partial charge in [0.05, 0.1) is 24.1 Å². The van der Waals surface area contributed by atoms with Crippen molar-refractivity contribution in [1.82, 2.24) is 4.90 Å². The highest BCUT2D eigenvalue weighted by Crippen LogP contribution is 2.34. The van der Waals surface area contributed by atoms with Gasteiger partial charge >= 0.3 is 0 Å². The van der Waals surface area contributed by atoms with E-state index in [4.69, 9.17) is 33.3 Å². The number of hydrogen-bond acceptors (Lipinski definition) is 6. The molecular formula is C20H16ClFN2O4S2. The van der Waals surface area contributed by atoms with E-state index in [1.54, 1.807) is 24.3 Å². The molecule has 2 aromatic carbocycles. The van der Waals surface area contributed by atoms with Crippen LogP contribution in [0.15, 0.2) is 41.3 Å². The molecule has 1 saturated heterocycles. The highest BCUT2D eigenvalue weighted by molar-refractivity contribution is 8.26. The molecule has 0 saturated carbocycles. The second-order valence-corrected chi connectivity index (χ2v) is 8.14. The molecule has 2 amide bonds. The smallest absolute Gasteiger partial charge is 0.266 e. The van der Waals surface area contributed by atoms with Gasteiger partial charge in [0.15, 0.2) is 11.5 Å². The summed E-state index contributed by atoms with van der Waals surface area (Å²) < 4.78 is 24.0. The van der Waals surface area contributed by atoms with E-state index in [-0.39, 0.29) is 21.8 Å². The summed E-state index contributed by atoms with van der Waals surface area (Å²) in [5, 5.41) is 2.45. The van der Waals surface area contributed by atoms with Gasteiger partial charge in [-0.3, -0.25) is 14.5 Å². The quantitative estimate of drug-likeness (QED) is 0.504. The molecule has 1 N–H and O–H groups in total. The number of amides is 2. The number of ether oxygens (including phenoxy) is 2. The summed E-state index contributed by atoms with van der Waals surface area (Å²) in [6.45, 7) is -0.275. The first-order valence-electron chi connectivity index (χ1n) is 8.54. The van der Waals surface area contributed by atoms with E-state index in [0.29, 0.717) is 22.1 Å². The molecule has 30 heavy (non-hydrogen) atoms. The number of carbonyl (C=O) groups excluding carboxylic acids is 2. The number of carbonyl (C=O) groups is 2. The van der Waals surface area contributed by atoms with Gasteiger partial charge in [-0.05, 0) is 42.0 Å². The van der Waals surface area contributed by atoms with E-state index in [2.05, 4.69) is 5.32 Å². The maximum atomic E-state index is 13.2. The van der Waals surface area contributed by atoms with Crippen molar-refractivity contribution in [3.05, 3.63) is 57.7 Å². The predicted octanol–water partition coefficient (Wildman–Crippen LogP) is 4.34. The Balaban J connectivity index is 1.72. The Bertz CT molecular complexity index is 1060. The molecule has 0 atom stereocenters. The van der Waals surface area contributed by atoms with Gasteiger partial charge in [-0.2, -0.15) is 0 Å². The fourth-order valence-electron chi connectivity index (χ4n) is 2.65. The van der Waals surface area contributed by atoms with Crippen LogP contribution in [0.3, 0.4) is 0 Å². The second-order valence-electron chi connectivity index (χ2n) is 6.06. The van der Waals surface area contributed by atoms with Crippen molar-refractivity contribution in [1.29, 1.82) is 0 Å². The van der Waals surface area contributed by atoms with Crippen molar-refractivity contribution < 1.29 is 23.5 Å². The molecule has 10 heteroatoms. The second kappa shape index (κ2) is 9.46. The van der Waals surface area contributed by atoms with E-state index in [1.807, 2.05) is 0 Å². The number of halogens is 2. The number of nitrogens with one attached hydrogen (secondary N) is 1. The zero-order chi connectivity index (χ0) is 21.8. The minimum absolute atomic E-state index is 0.115. The monoisotopic (exact) mass is 466 g/mol. The molecule has 156 valence electrons. The molecule has 0 bridgehead atoms. The molecule has 1 aliphatic heterocycles. The van der Waals surface area contributed by atoms with Gasteiger partial charge in [0.2, 0.25) is 5.91 Å². The number of nitrogens with zero attached hydrogens (tertiary/aromatic N) is 1. The molecule has 0 aromatic heterocycles. The number of benzene rings is 2. The van der Waals surface area contributed by atoms with Crippen LogP contribution in [0.25, 0.3) is 6.08 Å². The first-order chi connectivity index (χ1) is 14.3. The van der Waals surface area contributed by atoms with Crippen molar-refractivity contribution in [3.8, 4) is 11.5 Å². The van der Waals surface area contributed by atoms with E-state index in [0.717, 1.165) is 23.4 Å². The number of hydrogen-bond donors (Lipinski definition) is 1. The van der Waals surface area contributed by atoms with Gasteiger partial charge in [-0.15, -0.1) is 0 Å². The van der Waals surface area contributed by atoms with Crippen LogP contribution in [0, 0.1) is 5.82 Å². The first-order valence-corrected chi connectivity index (χ1v) is 10.1. The molecule has 3 rings (SSSR count). The van der Waals surface area contributed by atoms with Crippen LogP contribution < -0.4 is 14.8 Å². The fraction of sp³-hybridized carbons (Fsp3) is 0.150. The molecule has 2 aromatic rings. The van der Waals surface area contributed by atoms with Gasteiger partial charge in [0.25, 0.3) is 5.91 Å². The summed E-state index contributed by atoms with van der Waals surface area (Å²) in [4.78, 5) is 26.6. The maximum Gasteiger partial charge on any atom is 0.266 e. The largest absolute Gasteiger partial charge is 0.493 e. The zero-order valence-electron chi connectivity index (χ0n) is 15.9. The Morgan fingerprint density at radius 1 is 1.23 bits per heavy atom. The molecule has 0 unspecified atom stereocenters. The summed E-state index contributed by atoms with van der Waals surface area (Å²) >= 11 is 12.1. The lowest BCUT2D eigenvalue weighted by atomic mass is 10.2. The minimum atomic E-state index is -0.591. The molecule has 1 heterocycles. The first kappa shape index (κ1) is 22.1. The summed E-state index contributed by atoms with van der Waals surface area (Å²) in [6.07, 6.45) is 1.67. The third kappa shape index (κ3) is 4.92. The molecule has 6 nitrogen and oxygen atoms in total. The van der Waals surface area contributed by atoms with Crippen LogP contribution in [0.2, 0.25) is 5.02 Å². The van der Waals surface area contributed by atoms with Crippen molar-refractivity contribution >= 4 is 63.5 Å². The third-order valence-corrected chi connectivity index (χ3v) is 5.75. The average Bonchev–Trinajstić information content (AvgIpc) is 2.98. The normalized spacial score (nSPS) is 14.9. The van der Waals surface area contributed by atoms with Crippen LogP contribution in [-0.4, -0.2) is 41.8 Å². The summed E-state index contributed by atoms with van der Waals surface area (Å²) in [7, 11) is 3.06. The molecule has 0 radical (unpaired) electrons. The third-order valence-electron chi connectivity index (χ3n) is 4.08. The van der Waals surface area contributed by atoms with E-state index in [9.17, 15) is 14.0 Å². The highest BCUT2D eigenvalue weighted by atomic mass is 35.5. The minimum Gasteiger partial charge on any atom is -0.493 e. The Labute approximate surface area is 187 Å². The number of thiocarbonyl (C=S) groups is 1. The summed E-state index contributed by atoms with van der Waals surface area (Å²) in [5.74, 6) is -0.362. The average molecular weight is 467 g/mol. The highest BCUT2D eigenvalue weighted by Gasteiger charge is 2.33. The number of rotatable bonds is 6. The van der Waals surface area contributed by atoms with Crippen LogP contribution in [-0.2, 0) is 9.59 Å². The van der Waals surface area contributed by atoms with Gasteiger partial charge in [0.1, 0.15) is 16.7 Å². The Hall–Kier alpha value is -2.62. The molecule has 0 spiro atoms. The summed E-state index contributed by atoms with van der Waals surface area (Å²) in [6, 6.07) is 9.04. The SMILES string of the molecule is COc1ccc(/C=C2\SC(=S)N(CC(=O)Nc3ccc(F)c(Cl)c3)C2=O)cc1OC. The lowest BCUT2D eigenvalue weighted by Gasteiger charge is -2.14. The molecule has 1 fully saturated rings. The van der Waals surface area contributed by atoms with Crippen molar-refractivity contribution in [2.45, 2.75) is 0 Å². The maximum absolute atomic E-state index is 13.2. The fourth-order valence-corrected chi connectivity index (χ4v) is 4.08. The Morgan fingerprint density at radius 2 is 1.97 bits per heavy atom. The lowest BCUT2D eigenvalue weighted by molar-refractivity contribution is -0.126. The molecule has 0 aliphatic carbocycles. The van der Waals surface area contributed by atoms with Gasteiger partial charge in [0, 0.05) is 5.69 Å². The van der Waals surface area contributed by atoms with Crippen LogP contribution in [0.5, 0.6) is 11.5 Å². The van der Waals surface area contributed by atoms with Gasteiger partial charge in [-0.25, -0.2) is 4.39 Å². The molecule has 1 aliphatic rings. The van der Waals surface area contributed by atoms with E-state index >= 15 is 0 Å². The Kier molecular flexibility index (Phi) is 6.96. The Morgan fingerprint density at radius 3 is 2.63 bits per heavy atom. The van der Waals surface area contributed by atoms with Crippen LogP contribution in [0.4, 0.5) is 10.1 Å². The van der Waals surface area contributed by atoms with Crippen molar-refractivity contribution in [2.75, 3.05) is 26.1 Å². The van der Waals surface area contributed by atoms with Gasteiger partial charge in [-0.1, -0.05) is 41.6 Å². The van der Waals surface area contributed by atoms with Gasteiger partial charge < -0.3 is 14.8 Å². The predicted molar refractivity (Wildman–Crippen MR) is 119 cm³/mol. The lowest BCUT2D eigenvalue weighted by Crippen LogP contribution is -2.36. The van der Waals surface area contributed by atoms with Crippen molar-refractivity contribution in [2.24, 2.45) is 0 Å². The number of methoxy groups -OCH3 is 2. The topological polar surface area (TPSA) is 67.9 Å². The zero-order valence-corrected chi connectivity index (χ0v) is 18.3. The van der Waals surface area contributed by atoms with Crippen molar-refractivity contribution in [3.63, 3.8) is 0 Å².